The van der Waals surface area contributed by atoms with E-state index in [1.165, 1.54) is 35.6 Å². The van der Waals surface area contributed by atoms with Crippen LogP contribution >= 0.6 is 11.3 Å². The normalized spacial score (nSPS) is 18.4. The van der Waals surface area contributed by atoms with Crippen molar-refractivity contribution in [3.8, 4) is 0 Å². The summed E-state index contributed by atoms with van der Waals surface area (Å²) in [6.07, 6.45) is 7.58. The fourth-order valence-corrected chi connectivity index (χ4v) is 2.71. The lowest BCUT2D eigenvalue weighted by Gasteiger charge is -2.13. The Morgan fingerprint density at radius 1 is 1.64 bits per heavy atom. The summed E-state index contributed by atoms with van der Waals surface area (Å²) in [6.45, 7) is 2.07. The summed E-state index contributed by atoms with van der Waals surface area (Å²) in [5.41, 5.74) is 0. The van der Waals surface area contributed by atoms with Crippen molar-refractivity contribution in [2.75, 3.05) is 7.05 Å². The lowest BCUT2D eigenvalue weighted by atomic mass is 10.1. The Balaban J connectivity index is 1.90. The van der Waals surface area contributed by atoms with Crippen molar-refractivity contribution >= 4 is 11.3 Å². The van der Waals surface area contributed by atoms with Gasteiger partial charge in [0.25, 0.3) is 0 Å². The molecule has 1 N–H and O–H groups in total. The second kappa shape index (κ2) is 4.41. The molecule has 1 fully saturated rings. The first kappa shape index (κ1) is 10.1. The third-order valence-corrected chi connectivity index (χ3v) is 3.92. The van der Waals surface area contributed by atoms with Crippen LogP contribution in [0.2, 0.25) is 0 Å². The minimum Gasteiger partial charge on any atom is -0.312 e. The molecule has 2 nitrogen and oxygen atoms in total. The second-order valence-corrected chi connectivity index (χ2v) is 5.41. The van der Waals surface area contributed by atoms with Crippen LogP contribution in [-0.4, -0.2) is 12.0 Å². The van der Waals surface area contributed by atoms with Gasteiger partial charge in [-0.1, -0.05) is 12.8 Å². The Labute approximate surface area is 89.8 Å². The second-order valence-electron chi connectivity index (χ2n) is 4.14. The molecule has 78 valence electrons. The van der Waals surface area contributed by atoms with E-state index in [9.17, 15) is 0 Å². The van der Waals surface area contributed by atoms with E-state index in [0.29, 0.717) is 6.04 Å². The van der Waals surface area contributed by atoms with Gasteiger partial charge in [0.2, 0.25) is 0 Å². The molecule has 14 heavy (non-hydrogen) atoms. The van der Waals surface area contributed by atoms with Crippen LogP contribution in [0.1, 0.15) is 41.6 Å². The summed E-state index contributed by atoms with van der Waals surface area (Å²) in [7, 11) is 2.05. The Kier molecular flexibility index (Phi) is 3.19. The highest BCUT2D eigenvalue weighted by Gasteiger charge is 2.23. The molecule has 1 heterocycles. The highest BCUT2D eigenvalue weighted by molar-refractivity contribution is 7.11. The van der Waals surface area contributed by atoms with Gasteiger partial charge < -0.3 is 5.32 Å². The standard InChI is InChI=1S/C11H18N2S/c1-8-13-7-11(14-8)10(12-2)6-5-9-3-4-9/h7,9-10,12H,3-6H2,1-2H3. The number of nitrogens with zero attached hydrogens (tertiary/aromatic N) is 1. The minimum atomic E-state index is 0.529. The molecular formula is C11H18N2S. The van der Waals surface area contributed by atoms with E-state index >= 15 is 0 Å². The number of aromatic nitrogens is 1. The minimum absolute atomic E-state index is 0.529. The summed E-state index contributed by atoms with van der Waals surface area (Å²) >= 11 is 1.82. The van der Waals surface area contributed by atoms with Gasteiger partial charge in [-0.05, 0) is 32.7 Å². The average molecular weight is 210 g/mol. The monoisotopic (exact) mass is 210 g/mol. The number of hydrogen-bond acceptors (Lipinski definition) is 3. The number of aryl methyl sites for hydroxylation is 1. The molecule has 0 radical (unpaired) electrons. The Bertz CT molecular complexity index is 291. The highest BCUT2D eigenvalue weighted by atomic mass is 32.1. The Hall–Kier alpha value is -0.410. The first-order valence-corrected chi connectivity index (χ1v) is 6.21. The molecule has 1 aliphatic rings. The van der Waals surface area contributed by atoms with Crippen molar-refractivity contribution in [1.29, 1.82) is 0 Å². The van der Waals surface area contributed by atoms with Gasteiger partial charge in [0.15, 0.2) is 0 Å². The van der Waals surface area contributed by atoms with E-state index in [1.807, 2.05) is 24.6 Å². The zero-order valence-electron chi connectivity index (χ0n) is 8.92. The smallest absolute Gasteiger partial charge is 0.0897 e. The zero-order valence-corrected chi connectivity index (χ0v) is 9.73. The van der Waals surface area contributed by atoms with Crippen LogP contribution in [0.4, 0.5) is 0 Å². The van der Waals surface area contributed by atoms with Crippen LogP contribution in [0.15, 0.2) is 6.20 Å². The highest BCUT2D eigenvalue weighted by Crippen LogP contribution is 2.36. The van der Waals surface area contributed by atoms with Crippen LogP contribution in [-0.2, 0) is 0 Å². The van der Waals surface area contributed by atoms with E-state index in [0.717, 1.165) is 5.92 Å². The zero-order chi connectivity index (χ0) is 9.97. The fourth-order valence-electron chi connectivity index (χ4n) is 1.78. The molecule has 0 spiro atoms. The molecule has 0 bridgehead atoms. The number of nitrogens with one attached hydrogen (secondary N) is 1. The van der Waals surface area contributed by atoms with Crippen LogP contribution in [0.25, 0.3) is 0 Å². The van der Waals surface area contributed by atoms with Gasteiger partial charge in [-0.15, -0.1) is 11.3 Å². The maximum atomic E-state index is 4.31. The molecule has 1 aliphatic carbocycles. The van der Waals surface area contributed by atoms with Gasteiger partial charge in [0.1, 0.15) is 0 Å². The quantitative estimate of drug-likeness (QED) is 0.808. The lowest BCUT2D eigenvalue weighted by molar-refractivity contribution is 0.512. The first-order chi connectivity index (χ1) is 6.79. The summed E-state index contributed by atoms with van der Waals surface area (Å²) in [4.78, 5) is 5.70. The Morgan fingerprint density at radius 3 is 2.93 bits per heavy atom. The maximum absolute atomic E-state index is 4.31. The van der Waals surface area contributed by atoms with Crippen LogP contribution in [0.3, 0.4) is 0 Å². The SMILES string of the molecule is CNC(CCC1CC1)c1cnc(C)s1. The molecular weight excluding hydrogens is 192 g/mol. The van der Waals surface area contributed by atoms with Gasteiger partial charge in [0.05, 0.1) is 5.01 Å². The van der Waals surface area contributed by atoms with E-state index in [4.69, 9.17) is 0 Å². The molecule has 0 aromatic carbocycles. The number of thiazole rings is 1. The van der Waals surface area contributed by atoms with Crippen molar-refractivity contribution in [3.05, 3.63) is 16.1 Å². The van der Waals surface area contributed by atoms with Gasteiger partial charge in [-0.2, -0.15) is 0 Å². The van der Waals surface area contributed by atoms with Crippen molar-refractivity contribution in [3.63, 3.8) is 0 Å². The fraction of sp³-hybridized carbons (Fsp3) is 0.727. The van der Waals surface area contributed by atoms with Crippen molar-refractivity contribution in [2.24, 2.45) is 5.92 Å². The number of rotatable bonds is 5. The molecule has 1 aromatic rings. The molecule has 1 unspecified atom stereocenters. The molecule has 1 aromatic heterocycles. The average Bonchev–Trinajstić information content (AvgIpc) is 2.90. The van der Waals surface area contributed by atoms with Crippen molar-refractivity contribution < 1.29 is 0 Å². The number of hydrogen-bond donors (Lipinski definition) is 1. The molecule has 0 saturated heterocycles. The third kappa shape index (κ3) is 2.55. The predicted octanol–water partition coefficient (Wildman–Crippen LogP) is 2.90. The summed E-state index contributed by atoms with van der Waals surface area (Å²) in [6, 6.07) is 0.529. The van der Waals surface area contributed by atoms with Gasteiger partial charge in [-0.25, -0.2) is 4.98 Å². The molecule has 1 saturated carbocycles. The van der Waals surface area contributed by atoms with Crippen molar-refractivity contribution in [2.45, 2.75) is 38.6 Å². The largest absolute Gasteiger partial charge is 0.312 e. The van der Waals surface area contributed by atoms with Gasteiger partial charge in [-0.3, -0.25) is 0 Å². The van der Waals surface area contributed by atoms with Crippen LogP contribution < -0.4 is 5.32 Å². The summed E-state index contributed by atoms with van der Waals surface area (Å²) in [5, 5.41) is 4.56. The summed E-state index contributed by atoms with van der Waals surface area (Å²) < 4.78 is 0. The van der Waals surface area contributed by atoms with Crippen LogP contribution in [0, 0.1) is 12.8 Å². The topological polar surface area (TPSA) is 24.9 Å². The molecule has 0 aliphatic heterocycles. The van der Waals surface area contributed by atoms with E-state index in [2.05, 4.69) is 17.2 Å². The maximum Gasteiger partial charge on any atom is 0.0897 e. The third-order valence-electron chi connectivity index (χ3n) is 2.89. The molecule has 2 rings (SSSR count). The molecule has 0 amide bonds. The van der Waals surface area contributed by atoms with E-state index in [1.54, 1.807) is 0 Å². The molecule has 3 heteroatoms. The van der Waals surface area contributed by atoms with Gasteiger partial charge in [0, 0.05) is 17.1 Å². The van der Waals surface area contributed by atoms with E-state index < -0.39 is 0 Å². The predicted molar refractivity (Wildman–Crippen MR) is 60.6 cm³/mol. The van der Waals surface area contributed by atoms with E-state index in [-0.39, 0.29) is 0 Å². The summed E-state index contributed by atoms with van der Waals surface area (Å²) in [5.74, 6) is 1.03. The van der Waals surface area contributed by atoms with Crippen molar-refractivity contribution in [1.82, 2.24) is 10.3 Å². The first-order valence-electron chi connectivity index (χ1n) is 5.39. The van der Waals surface area contributed by atoms with Crippen LogP contribution in [0.5, 0.6) is 0 Å². The Morgan fingerprint density at radius 2 is 2.43 bits per heavy atom. The lowest BCUT2D eigenvalue weighted by Crippen LogP contribution is -2.15. The van der Waals surface area contributed by atoms with Gasteiger partial charge >= 0.3 is 0 Å². The molecule has 1 atom stereocenters.